The van der Waals surface area contributed by atoms with Crippen LogP contribution in [-0.4, -0.2) is 29.8 Å². The number of rotatable bonds is 4. The first-order chi connectivity index (χ1) is 13.0. The van der Waals surface area contributed by atoms with Crippen molar-refractivity contribution in [2.75, 3.05) is 18.4 Å². The number of amides is 2. The molecule has 2 amide bonds. The number of hydrogen-bond acceptors (Lipinski definition) is 2. The van der Waals surface area contributed by atoms with E-state index in [2.05, 4.69) is 5.32 Å². The molecule has 0 aliphatic carbocycles. The highest BCUT2D eigenvalue weighted by Gasteiger charge is 2.21. The highest BCUT2D eigenvalue weighted by Crippen LogP contribution is 2.24. The quantitative estimate of drug-likeness (QED) is 0.770. The van der Waals surface area contributed by atoms with Crippen LogP contribution in [0.15, 0.2) is 48.5 Å². The van der Waals surface area contributed by atoms with Crippen LogP contribution in [0.4, 0.5) is 10.1 Å². The summed E-state index contributed by atoms with van der Waals surface area (Å²) in [6.45, 7) is 1.43. The van der Waals surface area contributed by atoms with E-state index in [-0.39, 0.29) is 11.7 Å². The summed E-state index contributed by atoms with van der Waals surface area (Å²) in [5, 5.41) is 3.13. The highest BCUT2D eigenvalue weighted by molar-refractivity contribution is 6.31. The average molecular weight is 387 g/mol. The molecular formula is C21H20ClFN2O2. The van der Waals surface area contributed by atoms with Gasteiger partial charge in [-0.1, -0.05) is 23.7 Å². The maximum atomic E-state index is 13.2. The highest BCUT2D eigenvalue weighted by atomic mass is 35.5. The second-order valence-corrected chi connectivity index (χ2v) is 6.86. The maximum Gasteiger partial charge on any atom is 0.255 e. The Morgan fingerprint density at radius 3 is 2.59 bits per heavy atom. The summed E-state index contributed by atoms with van der Waals surface area (Å²) in [5.41, 5.74) is 1.35. The minimum Gasteiger partial charge on any atom is -0.339 e. The van der Waals surface area contributed by atoms with E-state index >= 15 is 0 Å². The summed E-state index contributed by atoms with van der Waals surface area (Å²) in [5.74, 6) is -0.910. The minimum atomic E-state index is -0.422. The predicted molar refractivity (Wildman–Crippen MR) is 105 cm³/mol. The van der Waals surface area contributed by atoms with Crippen molar-refractivity contribution in [3.05, 3.63) is 70.5 Å². The van der Waals surface area contributed by atoms with Gasteiger partial charge in [0.15, 0.2) is 0 Å². The first kappa shape index (κ1) is 19.1. The fourth-order valence-electron chi connectivity index (χ4n) is 3.03. The van der Waals surface area contributed by atoms with Crippen LogP contribution in [0.3, 0.4) is 0 Å². The van der Waals surface area contributed by atoms with Gasteiger partial charge in [0.1, 0.15) is 5.82 Å². The third-order valence-electron chi connectivity index (χ3n) is 4.39. The van der Waals surface area contributed by atoms with E-state index < -0.39 is 5.91 Å². The van der Waals surface area contributed by atoms with Gasteiger partial charge in [-0.3, -0.25) is 9.59 Å². The Bertz CT molecular complexity index is 876. The molecule has 1 saturated heterocycles. The molecule has 1 aliphatic rings. The molecule has 0 saturated carbocycles. The van der Waals surface area contributed by atoms with E-state index in [0.29, 0.717) is 34.9 Å². The topological polar surface area (TPSA) is 49.4 Å². The normalized spacial score (nSPS) is 14.4. The van der Waals surface area contributed by atoms with E-state index in [4.69, 9.17) is 11.6 Å². The molecule has 1 N–H and O–H groups in total. The second-order valence-electron chi connectivity index (χ2n) is 6.42. The minimum absolute atomic E-state index is 0.115. The van der Waals surface area contributed by atoms with Gasteiger partial charge < -0.3 is 10.2 Å². The molecular weight excluding hydrogens is 367 g/mol. The molecule has 2 aromatic rings. The van der Waals surface area contributed by atoms with Gasteiger partial charge in [-0.25, -0.2) is 4.39 Å². The molecule has 0 spiro atoms. The van der Waals surface area contributed by atoms with Gasteiger partial charge in [0, 0.05) is 24.2 Å². The fourth-order valence-corrected chi connectivity index (χ4v) is 3.20. The van der Waals surface area contributed by atoms with Crippen molar-refractivity contribution >= 4 is 35.2 Å². The zero-order chi connectivity index (χ0) is 19.2. The number of halogens is 2. The average Bonchev–Trinajstić information content (AvgIpc) is 2.67. The van der Waals surface area contributed by atoms with Crippen molar-refractivity contribution in [1.82, 2.24) is 4.90 Å². The van der Waals surface area contributed by atoms with E-state index in [0.717, 1.165) is 19.3 Å². The first-order valence-electron chi connectivity index (χ1n) is 8.86. The van der Waals surface area contributed by atoms with Crippen LogP contribution in [0.25, 0.3) is 6.08 Å². The van der Waals surface area contributed by atoms with Crippen LogP contribution >= 0.6 is 11.6 Å². The van der Waals surface area contributed by atoms with E-state index in [1.54, 1.807) is 35.2 Å². The number of carbonyl (C=O) groups is 2. The monoisotopic (exact) mass is 386 g/mol. The number of likely N-dealkylation sites (tertiary alicyclic amines) is 1. The molecule has 140 valence electrons. The lowest BCUT2D eigenvalue weighted by Gasteiger charge is -2.27. The van der Waals surface area contributed by atoms with Crippen LogP contribution in [-0.2, 0) is 4.79 Å². The number of benzene rings is 2. The molecule has 1 aliphatic heterocycles. The predicted octanol–water partition coefficient (Wildman–Crippen LogP) is 4.76. The lowest BCUT2D eigenvalue weighted by molar-refractivity contribution is -0.111. The van der Waals surface area contributed by atoms with Crippen molar-refractivity contribution in [3.63, 3.8) is 0 Å². The van der Waals surface area contributed by atoms with Crippen molar-refractivity contribution in [1.29, 1.82) is 0 Å². The Hall–Kier alpha value is -2.66. The van der Waals surface area contributed by atoms with Gasteiger partial charge >= 0.3 is 0 Å². The number of hydrogen-bond donors (Lipinski definition) is 1. The van der Waals surface area contributed by atoms with Gasteiger partial charge in [-0.05, 0) is 61.2 Å². The molecule has 1 fully saturated rings. The molecule has 6 heteroatoms. The van der Waals surface area contributed by atoms with Gasteiger partial charge in [0.25, 0.3) is 5.91 Å². The zero-order valence-corrected chi connectivity index (χ0v) is 15.5. The largest absolute Gasteiger partial charge is 0.339 e. The number of nitrogens with zero attached hydrogens (tertiary/aromatic N) is 1. The van der Waals surface area contributed by atoms with Crippen molar-refractivity contribution in [3.8, 4) is 0 Å². The molecule has 27 heavy (non-hydrogen) atoms. The van der Waals surface area contributed by atoms with Gasteiger partial charge in [-0.15, -0.1) is 0 Å². The Kier molecular flexibility index (Phi) is 6.24. The number of anilines is 1. The molecule has 0 aromatic heterocycles. The summed E-state index contributed by atoms with van der Waals surface area (Å²) in [6.07, 6.45) is 5.90. The van der Waals surface area contributed by atoms with Crippen molar-refractivity contribution in [2.24, 2.45) is 0 Å². The van der Waals surface area contributed by atoms with Gasteiger partial charge in [0.2, 0.25) is 5.91 Å². The molecule has 4 nitrogen and oxygen atoms in total. The molecule has 0 atom stereocenters. The van der Waals surface area contributed by atoms with Crippen molar-refractivity contribution in [2.45, 2.75) is 19.3 Å². The Balaban J connectivity index is 1.76. The van der Waals surface area contributed by atoms with Crippen LogP contribution in [0.1, 0.15) is 35.2 Å². The zero-order valence-electron chi connectivity index (χ0n) is 14.8. The smallest absolute Gasteiger partial charge is 0.255 e. The second kappa shape index (κ2) is 8.82. The Morgan fingerprint density at radius 2 is 1.85 bits per heavy atom. The summed E-state index contributed by atoms with van der Waals surface area (Å²) in [4.78, 5) is 26.9. The molecule has 1 heterocycles. The lowest BCUT2D eigenvalue weighted by Crippen LogP contribution is -2.36. The summed E-state index contributed by atoms with van der Waals surface area (Å²) >= 11 is 6.05. The number of carbonyl (C=O) groups excluding carboxylic acids is 2. The van der Waals surface area contributed by atoms with Crippen molar-refractivity contribution < 1.29 is 14.0 Å². The Morgan fingerprint density at radius 1 is 1.07 bits per heavy atom. The molecule has 2 aromatic carbocycles. The van der Waals surface area contributed by atoms with Gasteiger partial charge in [-0.2, -0.15) is 0 Å². The third kappa shape index (κ3) is 5.17. The number of piperidine rings is 1. The SMILES string of the molecule is O=C(/C=C/c1cccc(F)c1)Nc1cc(Cl)ccc1C(=O)N1CCCCC1. The molecule has 0 radical (unpaired) electrons. The van der Waals surface area contributed by atoms with Crippen LogP contribution < -0.4 is 5.32 Å². The molecule has 0 bridgehead atoms. The lowest BCUT2D eigenvalue weighted by atomic mass is 10.1. The fraction of sp³-hybridized carbons (Fsp3) is 0.238. The maximum absolute atomic E-state index is 13.2. The first-order valence-corrected chi connectivity index (χ1v) is 9.24. The van der Waals surface area contributed by atoms with Crippen LogP contribution in [0.5, 0.6) is 0 Å². The third-order valence-corrected chi connectivity index (χ3v) is 4.62. The Labute approximate surface area is 162 Å². The molecule has 0 unspecified atom stereocenters. The van der Waals surface area contributed by atoms with Crippen LogP contribution in [0.2, 0.25) is 5.02 Å². The summed E-state index contributed by atoms with van der Waals surface area (Å²) < 4.78 is 13.2. The standard InChI is InChI=1S/C21H20ClFN2O2/c22-16-8-9-18(21(27)25-11-2-1-3-12-25)19(14-16)24-20(26)10-7-15-5-4-6-17(23)13-15/h4-10,13-14H,1-3,11-12H2,(H,24,26)/b10-7+. The number of nitrogens with one attached hydrogen (secondary N) is 1. The summed E-state index contributed by atoms with van der Waals surface area (Å²) in [7, 11) is 0. The molecule has 3 rings (SSSR count). The van der Waals surface area contributed by atoms with E-state index in [1.807, 2.05) is 0 Å². The van der Waals surface area contributed by atoms with E-state index in [9.17, 15) is 14.0 Å². The summed E-state index contributed by atoms with van der Waals surface area (Å²) in [6, 6.07) is 10.8. The van der Waals surface area contributed by atoms with Crippen LogP contribution in [0, 0.1) is 5.82 Å². The van der Waals surface area contributed by atoms with E-state index in [1.165, 1.54) is 24.3 Å². The van der Waals surface area contributed by atoms with Gasteiger partial charge in [0.05, 0.1) is 11.3 Å².